The van der Waals surface area contributed by atoms with E-state index in [1.54, 1.807) is 11.3 Å². The van der Waals surface area contributed by atoms with E-state index in [1.807, 2.05) is 48.5 Å². The van der Waals surface area contributed by atoms with E-state index in [-0.39, 0.29) is 17.7 Å². The van der Waals surface area contributed by atoms with Crippen molar-refractivity contribution in [1.29, 1.82) is 0 Å². The molecule has 30 heavy (non-hydrogen) atoms. The third-order valence-corrected chi connectivity index (χ3v) is 7.23. The van der Waals surface area contributed by atoms with Gasteiger partial charge in [0.1, 0.15) is 6.04 Å². The summed E-state index contributed by atoms with van der Waals surface area (Å²) in [4.78, 5) is 19.5. The van der Waals surface area contributed by atoms with Crippen LogP contribution in [0.2, 0.25) is 5.02 Å². The summed E-state index contributed by atoms with van der Waals surface area (Å²) in [6.45, 7) is 0. The Morgan fingerprint density at radius 1 is 1.03 bits per heavy atom. The maximum atomic E-state index is 13.5. The van der Waals surface area contributed by atoms with Crippen LogP contribution in [0.1, 0.15) is 35.2 Å². The van der Waals surface area contributed by atoms with E-state index < -0.39 is 0 Å². The van der Waals surface area contributed by atoms with Crippen LogP contribution >= 0.6 is 22.9 Å². The van der Waals surface area contributed by atoms with Gasteiger partial charge in [-0.05, 0) is 53.6 Å². The number of hydrogen-bond acceptors (Lipinski definition) is 4. The fourth-order valence-electron chi connectivity index (χ4n) is 4.71. The maximum Gasteiger partial charge on any atom is 0.209 e. The average molecular weight is 432 g/mol. The number of carbonyl (C=O) groups is 1. The summed E-state index contributed by atoms with van der Waals surface area (Å²) in [7, 11) is 0. The number of para-hydroxylation sites is 2. The number of allylic oxidation sites excluding steroid dienone is 2. The highest BCUT2D eigenvalue weighted by Gasteiger charge is 2.39. The number of ketones is 1. The normalized spacial score (nSPS) is 20.8. The lowest BCUT2D eigenvalue weighted by Gasteiger charge is -2.35. The van der Waals surface area contributed by atoms with Crippen LogP contribution in [0.4, 0.5) is 5.95 Å². The minimum absolute atomic E-state index is 0.137. The van der Waals surface area contributed by atoms with E-state index in [2.05, 4.69) is 27.4 Å². The Morgan fingerprint density at radius 3 is 2.67 bits per heavy atom. The number of anilines is 1. The number of imidazole rings is 1. The molecule has 0 fully saturated rings. The fraction of sp³-hybridized carbons (Fsp3) is 0.167. The number of rotatable bonds is 2. The second-order valence-corrected chi connectivity index (χ2v) is 9.22. The summed E-state index contributed by atoms with van der Waals surface area (Å²) in [5, 5.41) is 6.29. The third kappa shape index (κ3) is 2.73. The van der Waals surface area contributed by atoms with Gasteiger partial charge in [-0.15, -0.1) is 11.3 Å². The average Bonchev–Trinajstić information content (AvgIpc) is 3.40. The van der Waals surface area contributed by atoms with Crippen molar-refractivity contribution in [2.24, 2.45) is 0 Å². The molecule has 4 nitrogen and oxygen atoms in total. The maximum absolute atomic E-state index is 13.5. The smallest absolute Gasteiger partial charge is 0.209 e. The lowest BCUT2D eigenvalue weighted by Crippen LogP contribution is -2.32. The number of hydrogen-bond donors (Lipinski definition) is 1. The molecule has 3 heterocycles. The molecule has 148 valence electrons. The summed E-state index contributed by atoms with van der Waals surface area (Å²) in [5.41, 5.74) is 4.99. The number of fused-ring (bicyclic) bond motifs is 3. The Hall–Kier alpha value is -2.89. The molecule has 0 spiro atoms. The second kappa shape index (κ2) is 6.83. The first-order valence-corrected chi connectivity index (χ1v) is 11.2. The summed E-state index contributed by atoms with van der Waals surface area (Å²) in [6, 6.07) is 20.0. The van der Waals surface area contributed by atoms with Crippen molar-refractivity contribution in [3.8, 4) is 0 Å². The zero-order valence-corrected chi connectivity index (χ0v) is 17.6. The number of nitrogens with one attached hydrogen (secondary N) is 1. The van der Waals surface area contributed by atoms with E-state index >= 15 is 0 Å². The molecular weight excluding hydrogens is 414 g/mol. The molecule has 1 aliphatic carbocycles. The molecule has 2 atom stereocenters. The SMILES string of the molecule is O=C1C[C@H](c2ccc(Cl)cc2)CC2=C1[C@@H](c1cccs1)n1c(nc3ccccc31)N2. The van der Waals surface area contributed by atoms with Gasteiger partial charge in [-0.2, -0.15) is 0 Å². The molecule has 0 bridgehead atoms. The van der Waals surface area contributed by atoms with Gasteiger partial charge in [0.15, 0.2) is 5.78 Å². The summed E-state index contributed by atoms with van der Waals surface area (Å²) in [5.74, 6) is 1.14. The van der Waals surface area contributed by atoms with Crippen LogP contribution < -0.4 is 5.32 Å². The van der Waals surface area contributed by atoms with E-state index in [9.17, 15) is 4.79 Å². The Morgan fingerprint density at radius 2 is 1.87 bits per heavy atom. The Balaban J connectivity index is 1.50. The minimum atomic E-state index is -0.137. The van der Waals surface area contributed by atoms with Gasteiger partial charge in [-0.25, -0.2) is 4.98 Å². The molecule has 2 aliphatic rings. The molecule has 1 aliphatic heterocycles. The highest BCUT2D eigenvalue weighted by atomic mass is 35.5. The number of carbonyl (C=O) groups excluding carboxylic acids is 1. The van der Waals surface area contributed by atoms with Crippen LogP contribution in [0.15, 0.2) is 77.3 Å². The monoisotopic (exact) mass is 431 g/mol. The second-order valence-electron chi connectivity index (χ2n) is 7.81. The van der Waals surface area contributed by atoms with Crippen LogP contribution in [0, 0.1) is 0 Å². The van der Waals surface area contributed by atoms with E-state index in [0.717, 1.165) is 45.1 Å². The predicted octanol–water partition coefficient (Wildman–Crippen LogP) is 6.17. The fourth-order valence-corrected chi connectivity index (χ4v) is 5.66. The molecule has 1 N–H and O–H groups in total. The molecular formula is C24H18ClN3OS. The molecule has 2 aromatic heterocycles. The summed E-state index contributed by atoms with van der Waals surface area (Å²) < 4.78 is 2.18. The minimum Gasteiger partial charge on any atom is -0.329 e. The first kappa shape index (κ1) is 17.9. The van der Waals surface area contributed by atoms with Crippen LogP contribution in [0.5, 0.6) is 0 Å². The Bertz CT molecular complexity index is 1300. The summed E-state index contributed by atoms with van der Waals surface area (Å²) in [6.07, 6.45) is 1.29. The van der Waals surface area contributed by atoms with Crippen molar-refractivity contribution in [2.45, 2.75) is 24.8 Å². The van der Waals surface area contributed by atoms with Gasteiger partial charge >= 0.3 is 0 Å². The van der Waals surface area contributed by atoms with Crippen molar-refractivity contribution in [2.75, 3.05) is 5.32 Å². The van der Waals surface area contributed by atoms with E-state index in [1.165, 1.54) is 0 Å². The Labute approximate surface area is 182 Å². The lowest BCUT2D eigenvalue weighted by molar-refractivity contribution is -0.116. The molecule has 6 heteroatoms. The van der Waals surface area contributed by atoms with Crippen LogP contribution in [0.25, 0.3) is 11.0 Å². The molecule has 0 radical (unpaired) electrons. The quantitative estimate of drug-likeness (QED) is 0.413. The van der Waals surface area contributed by atoms with Gasteiger partial charge in [0, 0.05) is 27.6 Å². The number of halogens is 1. The zero-order chi connectivity index (χ0) is 20.2. The topological polar surface area (TPSA) is 46.9 Å². The Kier molecular flexibility index (Phi) is 4.08. The van der Waals surface area contributed by atoms with Crippen LogP contribution in [-0.4, -0.2) is 15.3 Å². The number of nitrogens with zero attached hydrogens (tertiary/aromatic N) is 2. The molecule has 4 aromatic rings. The third-order valence-electron chi connectivity index (χ3n) is 6.05. The molecule has 0 saturated heterocycles. The number of aromatic nitrogens is 2. The van der Waals surface area contributed by atoms with Gasteiger partial charge in [0.25, 0.3) is 0 Å². The number of thiophene rings is 1. The molecule has 0 unspecified atom stereocenters. The number of benzene rings is 2. The highest BCUT2D eigenvalue weighted by Crippen LogP contribution is 2.46. The molecule has 2 aromatic carbocycles. The van der Waals surface area contributed by atoms with Crippen molar-refractivity contribution in [3.63, 3.8) is 0 Å². The first-order valence-electron chi connectivity index (χ1n) is 9.98. The van der Waals surface area contributed by atoms with Gasteiger partial charge < -0.3 is 5.32 Å². The first-order chi connectivity index (χ1) is 14.7. The predicted molar refractivity (Wildman–Crippen MR) is 121 cm³/mol. The lowest BCUT2D eigenvalue weighted by atomic mass is 9.79. The largest absolute Gasteiger partial charge is 0.329 e. The highest BCUT2D eigenvalue weighted by molar-refractivity contribution is 7.10. The van der Waals surface area contributed by atoms with E-state index in [4.69, 9.17) is 16.6 Å². The van der Waals surface area contributed by atoms with Gasteiger partial charge in [0.05, 0.1) is 11.0 Å². The van der Waals surface area contributed by atoms with Crippen molar-refractivity contribution >= 4 is 45.7 Å². The van der Waals surface area contributed by atoms with Crippen LogP contribution in [0.3, 0.4) is 0 Å². The van der Waals surface area contributed by atoms with Crippen molar-refractivity contribution in [1.82, 2.24) is 9.55 Å². The van der Waals surface area contributed by atoms with Gasteiger partial charge in [0.2, 0.25) is 5.95 Å². The van der Waals surface area contributed by atoms with Gasteiger partial charge in [-0.3, -0.25) is 9.36 Å². The summed E-state index contributed by atoms with van der Waals surface area (Å²) >= 11 is 7.75. The van der Waals surface area contributed by atoms with Crippen molar-refractivity contribution < 1.29 is 4.79 Å². The van der Waals surface area contributed by atoms with E-state index in [0.29, 0.717) is 11.4 Å². The number of Topliss-reactive ketones (excluding diaryl/α,β-unsaturated/α-hetero) is 1. The van der Waals surface area contributed by atoms with Crippen molar-refractivity contribution in [3.05, 3.63) is 92.8 Å². The van der Waals surface area contributed by atoms with Gasteiger partial charge in [-0.1, -0.05) is 41.9 Å². The standard InChI is InChI=1S/C24H18ClN3OS/c25-16-9-7-14(8-10-16)15-12-18-22(20(29)13-15)23(21-6-3-11-30-21)28-19-5-2-1-4-17(19)26-24(28)27-18/h1-11,15,23H,12-13H2,(H,26,27)/t15-,23-/m1/s1. The zero-order valence-electron chi connectivity index (χ0n) is 16.0. The molecule has 0 saturated carbocycles. The molecule has 6 rings (SSSR count). The molecule has 0 amide bonds. The van der Waals surface area contributed by atoms with Crippen LogP contribution in [-0.2, 0) is 4.79 Å².